The standard InChI is InChI=1S/C10H15N/c1-4-9(3)7-6-8-10(11)5-2/h4-9H,1-2,11H2,3H3/b7-6-,10-8+. The van der Waals surface area contributed by atoms with Crippen molar-refractivity contribution < 1.29 is 0 Å². The predicted molar refractivity (Wildman–Crippen MR) is 51.0 cm³/mol. The summed E-state index contributed by atoms with van der Waals surface area (Å²) in [6.07, 6.45) is 9.22. The number of rotatable bonds is 4. The van der Waals surface area contributed by atoms with Crippen molar-refractivity contribution in [2.75, 3.05) is 0 Å². The first-order valence-electron chi connectivity index (χ1n) is 3.59. The third-order valence-electron chi connectivity index (χ3n) is 1.31. The van der Waals surface area contributed by atoms with Crippen LogP contribution in [0.15, 0.2) is 49.2 Å². The number of hydrogen-bond acceptors (Lipinski definition) is 1. The van der Waals surface area contributed by atoms with E-state index in [1.165, 1.54) is 0 Å². The molecular formula is C10H15N. The van der Waals surface area contributed by atoms with Crippen molar-refractivity contribution in [1.82, 2.24) is 0 Å². The molecular weight excluding hydrogens is 134 g/mol. The lowest BCUT2D eigenvalue weighted by Crippen LogP contribution is -1.90. The van der Waals surface area contributed by atoms with E-state index in [1.54, 1.807) is 6.08 Å². The molecule has 60 valence electrons. The zero-order chi connectivity index (χ0) is 8.69. The van der Waals surface area contributed by atoms with Crippen molar-refractivity contribution in [2.45, 2.75) is 6.92 Å². The molecule has 1 atom stereocenters. The molecule has 1 nitrogen and oxygen atoms in total. The van der Waals surface area contributed by atoms with Gasteiger partial charge in [0.15, 0.2) is 0 Å². The minimum absolute atomic E-state index is 0.392. The van der Waals surface area contributed by atoms with Crippen LogP contribution in [0.25, 0.3) is 0 Å². The Hall–Kier alpha value is -1.24. The molecule has 1 unspecified atom stereocenters. The highest BCUT2D eigenvalue weighted by molar-refractivity contribution is 5.19. The van der Waals surface area contributed by atoms with Gasteiger partial charge in [-0.1, -0.05) is 31.7 Å². The third kappa shape index (κ3) is 5.22. The van der Waals surface area contributed by atoms with Gasteiger partial charge in [0.2, 0.25) is 0 Å². The first-order valence-corrected chi connectivity index (χ1v) is 3.59. The van der Waals surface area contributed by atoms with Crippen LogP contribution >= 0.6 is 0 Å². The van der Waals surface area contributed by atoms with Crippen molar-refractivity contribution in [1.29, 1.82) is 0 Å². The summed E-state index contributed by atoms with van der Waals surface area (Å²) in [6.45, 7) is 9.24. The Morgan fingerprint density at radius 3 is 2.55 bits per heavy atom. The van der Waals surface area contributed by atoms with Gasteiger partial charge in [-0.25, -0.2) is 0 Å². The summed E-state index contributed by atoms with van der Waals surface area (Å²) >= 11 is 0. The van der Waals surface area contributed by atoms with Crippen LogP contribution in [0.1, 0.15) is 6.92 Å². The largest absolute Gasteiger partial charge is 0.399 e. The Morgan fingerprint density at radius 1 is 1.45 bits per heavy atom. The molecule has 0 rings (SSSR count). The molecule has 0 radical (unpaired) electrons. The molecule has 2 N–H and O–H groups in total. The van der Waals surface area contributed by atoms with Gasteiger partial charge in [0.05, 0.1) is 0 Å². The minimum Gasteiger partial charge on any atom is -0.399 e. The lowest BCUT2D eigenvalue weighted by atomic mass is 10.1. The summed E-state index contributed by atoms with van der Waals surface area (Å²) in [6, 6.07) is 0. The van der Waals surface area contributed by atoms with E-state index in [-0.39, 0.29) is 0 Å². The number of hydrogen-bond donors (Lipinski definition) is 1. The van der Waals surface area contributed by atoms with E-state index in [4.69, 9.17) is 5.73 Å². The van der Waals surface area contributed by atoms with Crippen molar-refractivity contribution in [2.24, 2.45) is 11.7 Å². The van der Waals surface area contributed by atoms with Gasteiger partial charge in [0.1, 0.15) is 0 Å². The van der Waals surface area contributed by atoms with Crippen molar-refractivity contribution in [3.05, 3.63) is 49.2 Å². The van der Waals surface area contributed by atoms with Crippen molar-refractivity contribution in [3.8, 4) is 0 Å². The van der Waals surface area contributed by atoms with Gasteiger partial charge in [0, 0.05) is 5.70 Å². The van der Waals surface area contributed by atoms with Crippen LogP contribution < -0.4 is 5.73 Å². The Labute approximate surface area is 68.6 Å². The van der Waals surface area contributed by atoms with Crippen LogP contribution in [0, 0.1) is 5.92 Å². The van der Waals surface area contributed by atoms with E-state index in [0.717, 1.165) is 0 Å². The highest BCUT2D eigenvalue weighted by Crippen LogP contribution is 1.97. The maximum absolute atomic E-state index is 5.47. The van der Waals surface area contributed by atoms with Crippen LogP contribution in [0.2, 0.25) is 0 Å². The minimum atomic E-state index is 0.392. The molecule has 0 aliphatic carbocycles. The molecule has 0 heterocycles. The molecule has 0 amide bonds. The maximum atomic E-state index is 5.47. The highest BCUT2D eigenvalue weighted by atomic mass is 14.5. The summed E-state index contributed by atoms with van der Waals surface area (Å²) in [7, 11) is 0. The van der Waals surface area contributed by atoms with Gasteiger partial charge in [-0.2, -0.15) is 0 Å². The molecule has 0 aliphatic rings. The molecule has 0 saturated carbocycles. The fraction of sp³-hybridized carbons (Fsp3) is 0.200. The Balaban J connectivity index is 3.94. The molecule has 0 aromatic carbocycles. The molecule has 0 spiro atoms. The zero-order valence-electron chi connectivity index (χ0n) is 6.96. The molecule has 0 aromatic rings. The topological polar surface area (TPSA) is 26.0 Å². The van der Waals surface area contributed by atoms with E-state index >= 15 is 0 Å². The van der Waals surface area contributed by atoms with Crippen molar-refractivity contribution >= 4 is 0 Å². The van der Waals surface area contributed by atoms with Crippen LogP contribution in [0.5, 0.6) is 0 Å². The molecule has 0 bridgehead atoms. The summed E-state index contributed by atoms with van der Waals surface area (Å²) < 4.78 is 0. The van der Waals surface area contributed by atoms with E-state index in [2.05, 4.69) is 20.1 Å². The molecule has 0 aliphatic heterocycles. The Bertz CT molecular complexity index is 187. The molecule has 1 heteroatoms. The molecule has 0 saturated heterocycles. The third-order valence-corrected chi connectivity index (χ3v) is 1.31. The van der Waals surface area contributed by atoms with Crippen LogP contribution in [-0.4, -0.2) is 0 Å². The van der Waals surface area contributed by atoms with E-state index < -0.39 is 0 Å². The molecule has 11 heavy (non-hydrogen) atoms. The fourth-order valence-corrected chi connectivity index (χ4v) is 0.489. The number of nitrogens with two attached hydrogens (primary N) is 1. The lowest BCUT2D eigenvalue weighted by molar-refractivity contribution is 0.944. The zero-order valence-corrected chi connectivity index (χ0v) is 6.96. The normalized spacial score (nSPS) is 14.8. The summed E-state index contributed by atoms with van der Waals surface area (Å²) in [5.41, 5.74) is 6.14. The van der Waals surface area contributed by atoms with E-state index in [1.807, 2.05) is 24.3 Å². The van der Waals surface area contributed by atoms with Gasteiger partial charge in [0.25, 0.3) is 0 Å². The van der Waals surface area contributed by atoms with Crippen LogP contribution in [0.3, 0.4) is 0 Å². The smallest absolute Gasteiger partial charge is 0.0307 e. The lowest BCUT2D eigenvalue weighted by Gasteiger charge is -1.92. The van der Waals surface area contributed by atoms with Gasteiger partial charge in [-0.15, -0.1) is 6.58 Å². The molecule has 0 aromatic heterocycles. The first kappa shape index (κ1) is 9.76. The Morgan fingerprint density at radius 2 is 2.09 bits per heavy atom. The second-order valence-electron chi connectivity index (χ2n) is 2.35. The predicted octanol–water partition coefficient (Wildman–Crippen LogP) is 2.39. The van der Waals surface area contributed by atoms with Crippen LogP contribution in [-0.2, 0) is 0 Å². The van der Waals surface area contributed by atoms with E-state index in [9.17, 15) is 0 Å². The van der Waals surface area contributed by atoms with Crippen molar-refractivity contribution in [3.63, 3.8) is 0 Å². The average molecular weight is 149 g/mol. The quantitative estimate of drug-likeness (QED) is 0.482. The summed E-state index contributed by atoms with van der Waals surface area (Å²) in [5, 5.41) is 0. The van der Waals surface area contributed by atoms with Crippen LogP contribution in [0.4, 0.5) is 0 Å². The maximum Gasteiger partial charge on any atom is 0.0307 e. The first-order chi connectivity index (χ1) is 5.20. The summed E-state index contributed by atoms with van der Waals surface area (Å²) in [4.78, 5) is 0. The van der Waals surface area contributed by atoms with Gasteiger partial charge < -0.3 is 5.73 Å². The second kappa shape index (κ2) is 5.54. The monoisotopic (exact) mass is 149 g/mol. The summed E-state index contributed by atoms with van der Waals surface area (Å²) in [5.74, 6) is 0.392. The molecule has 0 fully saturated rings. The SMILES string of the molecule is C=C/C(N)=C\C=C/C(C)C=C. The Kier molecular flexibility index (Phi) is 4.91. The highest BCUT2D eigenvalue weighted by Gasteiger charge is 1.83. The number of allylic oxidation sites excluding steroid dienone is 5. The van der Waals surface area contributed by atoms with Gasteiger partial charge in [-0.3, -0.25) is 0 Å². The second-order valence-corrected chi connectivity index (χ2v) is 2.35. The van der Waals surface area contributed by atoms with E-state index in [0.29, 0.717) is 11.6 Å². The fourth-order valence-electron chi connectivity index (χ4n) is 0.489. The van der Waals surface area contributed by atoms with Gasteiger partial charge >= 0.3 is 0 Å². The average Bonchev–Trinajstić information content (AvgIpc) is 2.04. The van der Waals surface area contributed by atoms with Gasteiger partial charge in [-0.05, 0) is 18.1 Å².